The number of hydrogen-bond donors (Lipinski definition) is 2. The summed E-state index contributed by atoms with van der Waals surface area (Å²) in [6.45, 7) is 0.224. The van der Waals surface area contributed by atoms with Gasteiger partial charge in [-0.05, 0) is 54.1 Å². The zero-order valence-corrected chi connectivity index (χ0v) is 17.0. The van der Waals surface area contributed by atoms with Crippen LogP contribution in [0.2, 0.25) is 0 Å². The maximum atomic E-state index is 13.0. The van der Waals surface area contributed by atoms with Crippen LogP contribution in [0.5, 0.6) is 17.2 Å². The van der Waals surface area contributed by atoms with Gasteiger partial charge in [0.05, 0.1) is 14.2 Å². The summed E-state index contributed by atoms with van der Waals surface area (Å²) >= 11 is 0. The van der Waals surface area contributed by atoms with Crippen LogP contribution >= 0.6 is 0 Å². The van der Waals surface area contributed by atoms with Gasteiger partial charge in [-0.1, -0.05) is 18.2 Å². The number of methoxy groups -OCH3 is 2. The molecule has 0 fully saturated rings. The number of carbonyl (C=O) groups excluding carboxylic acids is 2. The highest BCUT2D eigenvalue weighted by molar-refractivity contribution is 5.99. The van der Waals surface area contributed by atoms with E-state index in [4.69, 9.17) is 14.2 Å². The van der Waals surface area contributed by atoms with Crippen LogP contribution in [0.3, 0.4) is 0 Å². The topological polar surface area (TPSA) is 85.9 Å². The predicted octanol–water partition coefficient (Wildman–Crippen LogP) is 3.50. The number of hydrogen-bond acceptors (Lipinski definition) is 5. The second-order valence-electron chi connectivity index (χ2n) is 6.42. The molecule has 0 aliphatic carbocycles. The van der Waals surface area contributed by atoms with Crippen LogP contribution in [0.1, 0.15) is 26.3 Å². The number of carbonyl (C=O) groups is 2. The first-order chi connectivity index (χ1) is 15.0. The second kappa shape index (κ2) is 10.1. The molecule has 0 atom stereocenters. The standard InChI is InChI=1S/C23H21FN2O5/c1-29-20-11-8-17(13-21(20)30-2)23(28)26-25-22(27)16-4-3-5-19(12-16)31-14-15-6-9-18(24)10-7-15/h3-13H,14H2,1-2H3,(H,25,27)(H,26,28). The van der Waals surface area contributed by atoms with Gasteiger partial charge in [-0.25, -0.2) is 4.39 Å². The highest BCUT2D eigenvalue weighted by Crippen LogP contribution is 2.27. The molecule has 0 spiro atoms. The van der Waals surface area contributed by atoms with Crippen molar-refractivity contribution in [1.29, 1.82) is 0 Å². The molecule has 2 N–H and O–H groups in total. The van der Waals surface area contributed by atoms with Gasteiger partial charge in [-0.3, -0.25) is 20.4 Å². The number of hydrazine groups is 1. The van der Waals surface area contributed by atoms with Gasteiger partial charge in [-0.15, -0.1) is 0 Å². The second-order valence-corrected chi connectivity index (χ2v) is 6.42. The molecule has 0 bridgehead atoms. The molecule has 2 amide bonds. The Balaban J connectivity index is 1.58. The summed E-state index contributed by atoms with van der Waals surface area (Å²) in [6.07, 6.45) is 0. The molecular weight excluding hydrogens is 403 g/mol. The smallest absolute Gasteiger partial charge is 0.269 e. The molecule has 0 aliphatic heterocycles. The highest BCUT2D eigenvalue weighted by Gasteiger charge is 2.13. The van der Waals surface area contributed by atoms with Gasteiger partial charge in [0.15, 0.2) is 11.5 Å². The van der Waals surface area contributed by atoms with Crippen LogP contribution < -0.4 is 25.1 Å². The van der Waals surface area contributed by atoms with Crippen molar-refractivity contribution in [2.75, 3.05) is 14.2 Å². The van der Waals surface area contributed by atoms with Gasteiger partial charge in [0.25, 0.3) is 11.8 Å². The monoisotopic (exact) mass is 424 g/mol. The van der Waals surface area contributed by atoms with E-state index in [9.17, 15) is 14.0 Å². The zero-order chi connectivity index (χ0) is 22.2. The number of halogens is 1. The summed E-state index contributed by atoms with van der Waals surface area (Å²) in [5, 5.41) is 0. The minimum absolute atomic E-state index is 0.224. The molecule has 0 heterocycles. The summed E-state index contributed by atoms with van der Waals surface area (Å²) in [6, 6.07) is 17.1. The molecule has 7 nitrogen and oxygen atoms in total. The lowest BCUT2D eigenvalue weighted by atomic mass is 10.2. The lowest BCUT2D eigenvalue weighted by molar-refractivity contribution is 0.0846. The van der Waals surface area contributed by atoms with Gasteiger partial charge in [0, 0.05) is 11.1 Å². The number of rotatable bonds is 7. The molecule has 3 aromatic carbocycles. The van der Waals surface area contributed by atoms with E-state index in [-0.39, 0.29) is 18.0 Å². The first kappa shape index (κ1) is 21.6. The lowest BCUT2D eigenvalue weighted by Gasteiger charge is -2.11. The van der Waals surface area contributed by atoms with E-state index in [0.29, 0.717) is 22.8 Å². The van der Waals surface area contributed by atoms with E-state index < -0.39 is 11.8 Å². The average molecular weight is 424 g/mol. The fourth-order valence-corrected chi connectivity index (χ4v) is 2.71. The van der Waals surface area contributed by atoms with Crippen molar-refractivity contribution >= 4 is 11.8 Å². The fourth-order valence-electron chi connectivity index (χ4n) is 2.71. The normalized spacial score (nSPS) is 10.2. The van der Waals surface area contributed by atoms with Crippen LogP contribution in [0.15, 0.2) is 66.7 Å². The van der Waals surface area contributed by atoms with E-state index in [2.05, 4.69) is 10.9 Å². The van der Waals surface area contributed by atoms with Crippen LogP contribution in [-0.4, -0.2) is 26.0 Å². The van der Waals surface area contributed by atoms with Crippen molar-refractivity contribution < 1.29 is 28.2 Å². The summed E-state index contributed by atoms with van der Waals surface area (Å²) in [5.41, 5.74) is 6.09. The van der Waals surface area contributed by atoms with Crippen molar-refractivity contribution in [2.45, 2.75) is 6.61 Å². The van der Waals surface area contributed by atoms with Gasteiger partial charge in [0.1, 0.15) is 18.2 Å². The van der Waals surface area contributed by atoms with Crippen molar-refractivity contribution in [2.24, 2.45) is 0 Å². The molecule has 31 heavy (non-hydrogen) atoms. The van der Waals surface area contributed by atoms with Crippen LogP contribution in [0, 0.1) is 5.82 Å². The van der Waals surface area contributed by atoms with E-state index in [1.807, 2.05) is 0 Å². The molecule has 0 unspecified atom stereocenters. The molecule has 0 aliphatic rings. The molecule has 3 rings (SSSR count). The maximum absolute atomic E-state index is 13.0. The zero-order valence-electron chi connectivity index (χ0n) is 17.0. The molecule has 3 aromatic rings. The van der Waals surface area contributed by atoms with Gasteiger partial charge < -0.3 is 14.2 Å². The molecule has 0 saturated carbocycles. The molecule has 0 saturated heterocycles. The molecule has 8 heteroatoms. The van der Waals surface area contributed by atoms with Crippen molar-refractivity contribution in [1.82, 2.24) is 10.9 Å². The predicted molar refractivity (Wildman–Crippen MR) is 112 cm³/mol. The molecule has 0 aromatic heterocycles. The van der Waals surface area contributed by atoms with Gasteiger partial charge >= 0.3 is 0 Å². The Labute approximate surface area is 178 Å². The SMILES string of the molecule is COc1ccc(C(=O)NNC(=O)c2cccc(OCc3ccc(F)cc3)c2)cc1OC. The number of amides is 2. The largest absolute Gasteiger partial charge is 0.493 e. The third-order valence-electron chi connectivity index (χ3n) is 4.35. The third kappa shape index (κ3) is 5.72. The minimum Gasteiger partial charge on any atom is -0.493 e. The number of ether oxygens (including phenoxy) is 3. The van der Waals surface area contributed by atoms with Crippen LogP contribution in [-0.2, 0) is 6.61 Å². The molecule has 0 radical (unpaired) electrons. The number of benzene rings is 3. The minimum atomic E-state index is -0.516. The van der Waals surface area contributed by atoms with Crippen molar-refractivity contribution in [3.63, 3.8) is 0 Å². The van der Waals surface area contributed by atoms with E-state index in [1.165, 1.54) is 32.4 Å². The summed E-state index contributed by atoms with van der Waals surface area (Å²) < 4.78 is 28.9. The Morgan fingerprint density at radius 1 is 0.806 bits per heavy atom. The van der Waals surface area contributed by atoms with Crippen molar-refractivity contribution in [3.8, 4) is 17.2 Å². The Morgan fingerprint density at radius 3 is 2.10 bits per heavy atom. The maximum Gasteiger partial charge on any atom is 0.269 e. The van der Waals surface area contributed by atoms with Crippen LogP contribution in [0.25, 0.3) is 0 Å². The first-order valence-corrected chi connectivity index (χ1v) is 9.30. The van der Waals surface area contributed by atoms with E-state index >= 15 is 0 Å². The average Bonchev–Trinajstić information content (AvgIpc) is 2.81. The first-order valence-electron chi connectivity index (χ1n) is 9.30. The third-order valence-corrected chi connectivity index (χ3v) is 4.35. The lowest BCUT2D eigenvalue weighted by Crippen LogP contribution is -2.41. The number of nitrogens with one attached hydrogen (secondary N) is 2. The Morgan fingerprint density at radius 2 is 1.45 bits per heavy atom. The molecule has 160 valence electrons. The quantitative estimate of drug-likeness (QED) is 0.567. The van der Waals surface area contributed by atoms with Crippen molar-refractivity contribution in [3.05, 3.63) is 89.2 Å². The highest BCUT2D eigenvalue weighted by atomic mass is 19.1. The fraction of sp³-hybridized carbons (Fsp3) is 0.130. The van der Waals surface area contributed by atoms with Gasteiger partial charge in [-0.2, -0.15) is 0 Å². The Hall–Kier alpha value is -4.07. The Kier molecular flexibility index (Phi) is 7.05. The molecular formula is C23H21FN2O5. The summed E-state index contributed by atoms with van der Waals surface area (Å²) in [5.74, 6) is -0.00663. The summed E-state index contributed by atoms with van der Waals surface area (Å²) in [4.78, 5) is 24.7. The van der Waals surface area contributed by atoms with Gasteiger partial charge in [0.2, 0.25) is 0 Å². The Bertz CT molecular complexity index is 1070. The van der Waals surface area contributed by atoms with E-state index in [0.717, 1.165) is 5.56 Å². The van der Waals surface area contributed by atoms with E-state index in [1.54, 1.807) is 48.5 Å². The summed E-state index contributed by atoms with van der Waals surface area (Å²) in [7, 11) is 2.96. The van der Waals surface area contributed by atoms with Crippen LogP contribution in [0.4, 0.5) is 4.39 Å².